The van der Waals surface area contributed by atoms with Crippen molar-refractivity contribution in [2.24, 2.45) is 0 Å². The van der Waals surface area contributed by atoms with Crippen LogP contribution in [0.25, 0.3) is 0 Å². The SMILES string of the molecule is C[C@H]1CN(C)Cc2cc(Cl)ccc2O1. The van der Waals surface area contributed by atoms with Crippen molar-refractivity contribution in [2.75, 3.05) is 13.6 Å². The van der Waals surface area contributed by atoms with Crippen LogP contribution in [0, 0.1) is 0 Å². The zero-order chi connectivity index (χ0) is 10.1. The molecule has 1 aromatic carbocycles. The highest BCUT2D eigenvalue weighted by atomic mass is 35.5. The summed E-state index contributed by atoms with van der Waals surface area (Å²) >= 11 is 5.94. The molecule has 0 saturated carbocycles. The van der Waals surface area contributed by atoms with Gasteiger partial charge in [0, 0.05) is 23.7 Å². The van der Waals surface area contributed by atoms with Crippen LogP contribution in [0.3, 0.4) is 0 Å². The average Bonchev–Trinajstić information content (AvgIpc) is 2.21. The summed E-state index contributed by atoms with van der Waals surface area (Å²) in [5, 5.41) is 0.773. The summed E-state index contributed by atoms with van der Waals surface area (Å²) in [6.07, 6.45) is 0.238. The van der Waals surface area contributed by atoms with E-state index in [0.717, 1.165) is 23.9 Å². The molecule has 3 heteroatoms. The maximum atomic E-state index is 5.94. The fourth-order valence-electron chi connectivity index (χ4n) is 1.83. The van der Waals surface area contributed by atoms with Crippen LogP contribution >= 0.6 is 11.6 Å². The van der Waals surface area contributed by atoms with Gasteiger partial charge >= 0.3 is 0 Å². The highest BCUT2D eigenvalue weighted by molar-refractivity contribution is 6.30. The maximum absolute atomic E-state index is 5.94. The summed E-state index contributed by atoms with van der Waals surface area (Å²) in [6.45, 7) is 3.94. The van der Waals surface area contributed by atoms with Crippen LogP contribution in [0.5, 0.6) is 5.75 Å². The summed E-state index contributed by atoms with van der Waals surface area (Å²) in [7, 11) is 2.09. The second-order valence-corrected chi connectivity index (χ2v) is 4.31. The van der Waals surface area contributed by atoms with Crippen LogP contribution in [0.15, 0.2) is 18.2 Å². The zero-order valence-corrected chi connectivity index (χ0v) is 9.21. The van der Waals surface area contributed by atoms with E-state index in [2.05, 4.69) is 18.9 Å². The van der Waals surface area contributed by atoms with E-state index in [4.69, 9.17) is 16.3 Å². The first-order valence-corrected chi connectivity index (χ1v) is 5.16. The van der Waals surface area contributed by atoms with Crippen LogP contribution in [0.1, 0.15) is 12.5 Å². The molecule has 0 unspecified atom stereocenters. The molecule has 14 heavy (non-hydrogen) atoms. The number of likely N-dealkylation sites (N-methyl/N-ethyl adjacent to an activating group) is 1. The van der Waals surface area contributed by atoms with Crippen LogP contribution in [-0.2, 0) is 6.54 Å². The predicted molar refractivity (Wildman–Crippen MR) is 57.9 cm³/mol. The number of hydrogen-bond donors (Lipinski definition) is 0. The molecule has 0 radical (unpaired) electrons. The molecule has 2 nitrogen and oxygen atoms in total. The third kappa shape index (κ3) is 2.02. The van der Waals surface area contributed by atoms with Gasteiger partial charge in [-0.1, -0.05) is 11.6 Å². The lowest BCUT2D eigenvalue weighted by molar-refractivity contribution is 0.179. The molecule has 0 bridgehead atoms. The zero-order valence-electron chi connectivity index (χ0n) is 8.46. The lowest BCUT2D eigenvalue weighted by Crippen LogP contribution is -2.27. The van der Waals surface area contributed by atoms with Gasteiger partial charge in [0.05, 0.1) is 0 Å². The van der Waals surface area contributed by atoms with Gasteiger partial charge in [-0.3, -0.25) is 4.90 Å². The van der Waals surface area contributed by atoms with Crippen LogP contribution < -0.4 is 4.74 Å². The predicted octanol–water partition coefficient (Wildman–Crippen LogP) is 2.55. The molecular formula is C11H14ClNO. The van der Waals surface area contributed by atoms with E-state index in [0.29, 0.717) is 0 Å². The largest absolute Gasteiger partial charge is 0.489 e. The second-order valence-electron chi connectivity index (χ2n) is 3.88. The summed E-state index contributed by atoms with van der Waals surface area (Å²) in [5.41, 5.74) is 1.17. The standard InChI is InChI=1S/C11H14ClNO/c1-8-6-13(2)7-9-5-10(12)3-4-11(9)14-8/h3-5,8H,6-7H2,1-2H3/t8-/m0/s1. The third-order valence-electron chi connectivity index (χ3n) is 2.36. The molecule has 1 heterocycles. The molecule has 0 aromatic heterocycles. The van der Waals surface area contributed by atoms with Gasteiger partial charge in [-0.2, -0.15) is 0 Å². The van der Waals surface area contributed by atoms with Crippen LogP contribution in [0.4, 0.5) is 0 Å². The van der Waals surface area contributed by atoms with E-state index in [9.17, 15) is 0 Å². The number of halogens is 1. The second kappa shape index (κ2) is 3.79. The molecule has 1 atom stereocenters. The van der Waals surface area contributed by atoms with Gasteiger partial charge in [-0.15, -0.1) is 0 Å². The minimum Gasteiger partial charge on any atom is -0.489 e. The van der Waals surface area contributed by atoms with Crippen molar-refractivity contribution in [3.05, 3.63) is 28.8 Å². The van der Waals surface area contributed by atoms with Gasteiger partial charge in [0.2, 0.25) is 0 Å². The van der Waals surface area contributed by atoms with Crippen LogP contribution in [0.2, 0.25) is 5.02 Å². The summed E-state index contributed by atoms with van der Waals surface area (Å²) in [4.78, 5) is 2.24. The number of rotatable bonds is 0. The molecular weight excluding hydrogens is 198 g/mol. The number of fused-ring (bicyclic) bond motifs is 1. The Morgan fingerprint density at radius 2 is 2.29 bits per heavy atom. The average molecular weight is 212 g/mol. The lowest BCUT2D eigenvalue weighted by Gasteiger charge is -2.15. The van der Waals surface area contributed by atoms with Gasteiger partial charge in [0.25, 0.3) is 0 Å². The van der Waals surface area contributed by atoms with E-state index < -0.39 is 0 Å². The molecule has 1 aromatic rings. The fraction of sp³-hybridized carbons (Fsp3) is 0.455. The fourth-order valence-corrected chi connectivity index (χ4v) is 2.03. The molecule has 2 rings (SSSR count). The number of nitrogens with zero attached hydrogens (tertiary/aromatic N) is 1. The molecule has 1 aliphatic heterocycles. The normalized spacial score (nSPS) is 22.4. The quantitative estimate of drug-likeness (QED) is 0.654. The van der Waals surface area contributed by atoms with E-state index in [1.807, 2.05) is 18.2 Å². The molecule has 0 amide bonds. The van der Waals surface area contributed by atoms with Crippen molar-refractivity contribution in [3.8, 4) is 5.75 Å². The molecule has 0 spiro atoms. The topological polar surface area (TPSA) is 12.5 Å². The van der Waals surface area contributed by atoms with E-state index in [1.54, 1.807) is 0 Å². The molecule has 0 fully saturated rings. The smallest absolute Gasteiger partial charge is 0.124 e. The van der Waals surface area contributed by atoms with Crippen molar-refractivity contribution in [1.82, 2.24) is 4.90 Å². The highest BCUT2D eigenvalue weighted by Crippen LogP contribution is 2.27. The lowest BCUT2D eigenvalue weighted by atomic mass is 10.2. The Morgan fingerprint density at radius 3 is 3.07 bits per heavy atom. The van der Waals surface area contributed by atoms with Gasteiger partial charge in [-0.05, 0) is 32.2 Å². The first-order chi connectivity index (χ1) is 6.65. The Bertz CT molecular complexity index is 340. The molecule has 0 N–H and O–H groups in total. The van der Waals surface area contributed by atoms with Crippen molar-refractivity contribution in [1.29, 1.82) is 0 Å². The number of benzene rings is 1. The van der Waals surface area contributed by atoms with Crippen molar-refractivity contribution in [3.63, 3.8) is 0 Å². The minimum atomic E-state index is 0.238. The van der Waals surface area contributed by atoms with Crippen molar-refractivity contribution in [2.45, 2.75) is 19.6 Å². The molecule has 0 saturated heterocycles. The van der Waals surface area contributed by atoms with E-state index in [1.165, 1.54) is 5.56 Å². The monoisotopic (exact) mass is 211 g/mol. The Hall–Kier alpha value is -0.730. The van der Waals surface area contributed by atoms with Gasteiger partial charge in [0.1, 0.15) is 11.9 Å². The summed E-state index contributed by atoms with van der Waals surface area (Å²) in [5.74, 6) is 0.964. The van der Waals surface area contributed by atoms with E-state index >= 15 is 0 Å². The Balaban J connectivity index is 2.36. The van der Waals surface area contributed by atoms with Gasteiger partial charge in [-0.25, -0.2) is 0 Å². The Kier molecular flexibility index (Phi) is 2.66. The number of hydrogen-bond acceptors (Lipinski definition) is 2. The van der Waals surface area contributed by atoms with E-state index in [-0.39, 0.29) is 6.10 Å². The first kappa shape index (κ1) is 9.81. The first-order valence-electron chi connectivity index (χ1n) is 4.79. The van der Waals surface area contributed by atoms with Gasteiger partial charge in [0.15, 0.2) is 0 Å². The summed E-state index contributed by atoms with van der Waals surface area (Å²) in [6, 6.07) is 5.80. The summed E-state index contributed by atoms with van der Waals surface area (Å²) < 4.78 is 5.78. The maximum Gasteiger partial charge on any atom is 0.124 e. The van der Waals surface area contributed by atoms with Crippen molar-refractivity contribution < 1.29 is 4.74 Å². The molecule has 0 aliphatic carbocycles. The minimum absolute atomic E-state index is 0.238. The Labute approximate surface area is 89.4 Å². The number of ether oxygens (including phenoxy) is 1. The molecule has 1 aliphatic rings. The third-order valence-corrected chi connectivity index (χ3v) is 2.59. The molecule has 76 valence electrons. The van der Waals surface area contributed by atoms with Gasteiger partial charge < -0.3 is 4.74 Å². The van der Waals surface area contributed by atoms with Crippen LogP contribution in [-0.4, -0.2) is 24.6 Å². The highest BCUT2D eigenvalue weighted by Gasteiger charge is 2.17. The Morgan fingerprint density at radius 1 is 1.50 bits per heavy atom. The van der Waals surface area contributed by atoms with Crippen molar-refractivity contribution >= 4 is 11.6 Å².